The molecule has 2 unspecified atom stereocenters. The van der Waals surface area contributed by atoms with E-state index >= 15 is 0 Å². The fourth-order valence-corrected chi connectivity index (χ4v) is 3.12. The van der Waals surface area contributed by atoms with Crippen molar-refractivity contribution in [2.75, 3.05) is 19.6 Å². The summed E-state index contributed by atoms with van der Waals surface area (Å²) >= 11 is 0. The van der Waals surface area contributed by atoms with Gasteiger partial charge in [0.05, 0.1) is 6.04 Å². The predicted octanol–water partition coefficient (Wildman–Crippen LogP) is 0.269. The van der Waals surface area contributed by atoms with Crippen LogP contribution in [-0.4, -0.2) is 51.2 Å². The van der Waals surface area contributed by atoms with Crippen LogP contribution >= 0.6 is 0 Å². The molecule has 2 fully saturated rings. The van der Waals surface area contributed by atoms with Crippen molar-refractivity contribution in [3.8, 4) is 0 Å². The van der Waals surface area contributed by atoms with E-state index in [9.17, 15) is 4.79 Å². The van der Waals surface area contributed by atoms with Crippen molar-refractivity contribution in [3.05, 3.63) is 12.7 Å². The summed E-state index contributed by atoms with van der Waals surface area (Å²) in [4.78, 5) is 18.4. The van der Waals surface area contributed by atoms with Crippen molar-refractivity contribution < 1.29 is 4.79 Å². The first-order valence-corrected chi connectivity index (χ1v) is 7.17. The molecular formula is C13H21N5O. The second-order valence-corrected chi connectivity index (χ2v) is 5.56. The topological polar surface area (TPSA) is 63.1 Å². The third-order valence-corrected chi connectivity index (χ3v) is 4.10. The van der Waals surface area contributed by atoms with E-state index in [-0.39, 0.29) is 6.04 Å². The van der Waals surface area contributed by atoms with Gasteiger partial charge in [0, 0.05) is 19.6 Å². The van der Waals surface area contributed by atoms with Crippen LogP contribution in [-0.2, 0) is 11.3 Å². The van der Waals surface area contributed by atoms with Gasteiger partial charge in [0.25, 0.3) is 0 Å². The first-order valence-electron chi connectivity index (χ1n) is 7.17. The average molecular weight is 263 g/mol. The number of hydrogen-bond acceptors (Lipinski definition) is 4. The van der Waals surface area contributed by atoms with E-state index in [0.29, 0.717) is 11.8 Å². The summed E-state index contributed by atoms with van der Waals surface area (Å²) in [5.41, 5.74) is 0. The summed E-state index contributed by atoms with van der Waals surface area (Å²) in [5.74, 6) is 0.793. The van der Waals surface area contributed by atoms with E-state index in [1.54, 1.807) is 12.7 Å². The lowest BCUT2D eigenvalue weighted by atomic mass is 9.97. The van der Waals surface area contributed by atoms with Crippen LogP contribution in [0.15, 0.2) is 12.7 Å². The molecule has 2 aliphatic heterocycles. The van der Waals surface area contributed by atoms with Crippen molar-refractivity contribution in [1.29, 1.82) is 0 Å². The Labute approximate surface area is 113 Å². The molecule has 2 aliphatic rings. The molecule has 0 saturated carbocycles. The maximum absolute atomic E-state index is 12.4. The van der Waals surface area contributed by atoms with Crippen molar-refractivity contribution >= 4 is 5.91 Å². The number of carbonyl (C=O) groups is 1. The molecule has 2 atom stereocenters. The number of amides is 1. The first kappa shape index (κ1) is 12.6. The average Bonchev–Trinajstić information content (AvgIpc) is 3.11. The van der Waals surface area contributed by atoms with Crippen molar-refractivity contribution in [1.82, 2.24) is 25.0 Å². The molecule has 1 amide bonds. The summed E-state index contributed by atoms with van der Waals surface area (Å²) in [6.07, 6.45) is 7.68. The molecule has 1 N–H and O–H groups in total. The predicted molar refractivity (Wildman–Crippen MR) is 70.4 cm³/mol. The van der Waals surface area contributed by atoms with Gasteiger partial charge >= 0.3 is 0 Å². The number of nitrogens with zero attached hydrogens (tertiary/aromatic N) is 4. The summed E-state index contributed by atoms with van der Waals surface area (Å²) in [6, 6.07) is 0.0603. The number of carbonyl (C=O) groups excluding carboxylic acids is 1. The summed E-state index contributed by atoms with van der Waals surface area (Å²) in [5, 5.41) is 7.44. The van der Waals surface area contributed by atoms with Crippen LogP contribution in [0.1, 0.15) is 25.7 Å². The molecule has 0 radical (unpaired) electrons. The van der Waals surface area contributed by atoms with Crippen LogP contribution in [0.3, 0.4) is 0 Å². The lowest BCUT2D eigenvalue weighted by Crippen LogP contribution is -2.48. The molecule has 2 saturated heterocycles. The van der Waals surface area contributed by atoms with Gasteiger partial charge < -0.3 is 10.2 Å². The van der Waals surface area contributed by atoms with E-state index < -0.39 is 0 Å². The number of rotatable bonds is 3. The van der Waals surface area contributed by atoms with Gasteiger partial charge in [-0.15, -0.1) is 0 Å². The van der Waals surface area contributed by atoms with Crippen LogP contribution in [0.25, 0.3) is 0 Å². The minimum Gasteiger partial charge on any atom is -0.341 e. The molecule has 6 nitrogen and oxygen atoms in total. The Morgan fingerprint density at radius 2 is 2.32 bits per heavy atom. The van der Waals surface area contributed by atoms with Crippen LogP contribution < -0.4 is 5.32 Å². The fraction of sp³-hybridized carbons (Fsp3) is 0.769. The monoisotopic (exact) mass is 263 g/mol. The minimum atomic E-state index is 0.0603. The maximum atomic E-state index is 12.4. The Kier molecular flexibility index (Phi) is 3.77. The summed E-state index contributed by atoms with van der Waals surface area (Å²) in [7, 11) is 0. The lowest BCUT2D eigenvalue weighted by molar-refractivity contribution is -0.135. The Balaban J connectivity index is 1.56. The molecule has 0 spiro atoms. The second kappa shape index (κ2) is 5.69. The Morgan fingerprint density at radius 1 is 1.37 bits per heavy atom. The quantitative estimate of drug-likeness (QED) is 0.850. The highest BCUT2D eigenvalue weighted by Gasteiger charge is 2.30. The molecule has 0 aromatic carbocycles. The number of likely N-dealkylation sites (tertiary alicyclic amines) is 1. The first-order chi connectivity index (χ1) is 9.33. The highest BCUT2D eigenvalue weighted by atomic mass is 16.2. The molecule has 6 heteroatoms. The SMILES string of the molecule is O=C(C1CCCN1)N1CCCC(Cn2cncn2)C1. The van der Waals surface area contributed by atoms with Crippen LogP contribution in [0, 0.1) is 5.92 Å². The third kappa shape index (κ3) is 2.94. The van der Waals surface area contributed by atoms with Gasteiger partial charge in [0.2, 0.25) is 5.91 Å². The van der Waals surface area contributed by atoms with Gasteiger partial charge in [-0.1, -0.05) is 0 Å². The van der Waals surface area contributed by atoms with E-state index in [1.807, 2.05) is 9.58 Å². The standard InChI is InChI=1S/C13H21N5O/c19-13(12-4-1-5-15-12)17-6-2-3-11(7-17)8-18-10-14-9-16-18/h9-12,15H,1-8H2. The van der Waals surface area contributed by atoms with Gasteiger partial charge in [-0.2, -0.15) is 5.10 Å². The Morgan fingerprint density at radius 3 is 3.05 bits per heavy atom. The fourth-order valence-electron chi connectivity index (χ4n) is 3.12. The molecule has 3 rings (SSSR count). The minimum absolute atomic E-state index is 0.0603. The number of nitrogens with one attached hydrogen (secondary N) is 1. The zero-order valence-corrected chi connectivity index (χ0v) is 11.2. The molecule has 19 heavy (non-hydrogen) atoms. The molecular weight excluding hydrogens is 242 g/mol. The molecule has 1 aromatic rings. The summed E-state index contributed by atoms with van der Waals surface area (Å²) < 4.78 is 1.87. The van der Waals surface area contributed by atoms with Gasteiger partial charge in [0.1, 0.15) is 12.7 Å². The van der Waals surface area contributed by atoms with Crippen LogP contribution in [0.5, 0.6) is 0 Å². The van der Waals surface area contributed by atoms with E-state index in [2.05, 4.69) is 15.4 Å². The molecule has 104 valence electrons. The van der Waals surface area contributed by atoms with E-state index in [1.165, 1.54) is 6.42 Å². The van der Waals surface area contributed by atoms with Gasteiger partial charge in [-0.05, 0) is 38.1 Å². The van der Waals surface area contributed by atoms with E-state index in [0.717, 1.165) is 45.4 Å². The Bertz CT molecular complexity index is 413. The van der Waals surface area contributed by atoms with Crippen LogP contribution in [0.2, 0.25) is 0 Å². The molecule has 0 aliphatic carbocycles. The van der Waals surface area contributed by atoms with Gasteiger partial charge in [-0.25, -0.2) is 4.98 Å². The van der Waals surface area contributed by atoms with Crippen molar-refractivity contribution in [3.63, 3.8) is 0 Å². The number of piperidine rings is 1. The molecule has 3 heterocycles. The van der Waals surface area contributed by atoms with Gasteiger partial charge in [0.15, 0.2) is 0 Å². The molecule has 0 bridgehead atoms. The van der Waals surface area contributed by atoms with Crippen molar-refractivity contribution in [2.24, 2.45) is 5.92 Å². The maximum Gasteiger partial charge on any atom is 0.239 e. The normalized spacial score (nSPS) is 27.7. The van der Waals surface area contributed by atoms with Gasteiger partial charge in [-0.3, -0.25) is 9.48 Å². The smallest absolute Gasteiger partial charge is 0.239 e. The largest absolute Gasteiger partial charge is 0.341 e. The second-order valence-electron chi connectivity index (χ2n) is 5.56. The van der Waals surface area contributed by atoms with E-state index in [4.69, 9.17) is 0 Å². The summed E-state index contributed by atoms with van der Waals surface area (Å²) in [6.45, 7) is 3.61. The highest BCUT2D eigenvalue weighted by molar-refractivity contribution is 5.82. The highest BCUT2D eigenvalue weighted by Crippen LogP contribution is 2.20. The lowest BCUT2D eigenvalue weighted by Gasteiger charge is -2.34. The molecule has 1 aromatic heterocycles. The Hall–Kier alpha value is -1.43. The van der Waals surface area contributed by atoms with Crippen LogP contribution in [0.4, 0.5) is 0 Å². The number of hydrogen-bond donors (Lipinski definition) is 1. The number of aromatic nitrogens is 3. The zero-order valence-electron chi connectivity index (χ0n) is 11.2. The zero-order chi connectivity index (χ0) is 13.1. The van der Waals surface area contributed by atoms with Crippen molar-refractivity contribution in [2.45, 2.75) is 38.3 Å². The third-order valence-electron chi connectivity index (χ3n) is 4.10.